The van der Waals surface area contributed by atoms with E-state index in [1.54, 1.807) is 4.90 Å². The molecule has 2 fully saturated rings. The number of halogens is 1. The van der Waals surface area contributed by atoms with Crippen LogP contribution in [0.2, 0.25) is 0 Å². The molecule has 1 aromatic carbocycles. The minimum atomic E-state index is -0.342. The van der Waals surface area contributed by atoms with E-state index >= 15 is 0 Å². The van der Waals surface area contributed by atoms with Gasteiger partial charge in [-0.05, 0) is 24.3 Å². The van der Waals surface area contributed by atoms with E-state index in [0.717, 1.165) is 13.1 Å². The fourth-order valence-corrected chi connectivity index (χ4v) is 2.66. The molecule has 3 rings (SSSR count). The molecule has 6 nitrogen and oxygen atoms in total. The van der Waals surface area contributed by atoms with Crippen LogP contribution in [0, 0.1) is 11.7 Å². The van der Waals surface area contributed by atoms with Gasteiger partial charge in [-0.3, -0.25) is 9.59 Å². The number of nitrogens with zero attached hydrogens (tertiary/aromatic N) is 2. The summed E-state index contributed by atoms with van der Waals surface area (Å²) in [6.07, 6.45) is 0. The van der Waals surface area contributed by atoms with Gasteiger partial charge in [-0.25, -0.2) is 4.39 Å². The van der Waals surface area contributed by atoms with Crippen molar-refractivity contribution in [2.24, 2.45) is 5.92 Å². The Bertz CT molecular complexity index is 566. The molecule has 7 heteroatoms. The van der Waals surface area contributed by atoms with E-state index in [9.17, 15) is 14.0 Å². The van der Waals surface area contributed by atoms with Gasteiger partial charge in [0.2, 0.25) is 5.91 Å². The molecule has 2 amide bonds. The number of carbonyl (C=O) groups excluding carboxylic acids is 2. The predicted octanol–water partition coefficient (Wildman–Crippen LogP) is 0.0947. The van der Waals surface area contributed by atoms with E-state index in [0.29, 0.717) is 31.9 Å². The number of hydrogen-bond acceptors (Lipinski definition) is 4. The first-order valence-corrected chi connectivity index (χ1v) is 7.79. The summed E-state index contributed by atoms with van der Waals surface area (Å²) in [5, 5.41) is 3.09. The van der Waals surface area contributed by atoms with Gasteiger partial charge in [0.25, 0.3) is 5.91 Å². The van der Waals surface area contributed by atoms with E-state index < -0.39 is 0 Å². The Kier molecular flexibility index (Phi) is 4.76. The lowest BCUT2D eigenvalue weighted by atomic mass is 10.0. The molecule has 2 aliphatic heterocycles. The second-order valence-electron chi connectivity index (χ2n) is 5.80. The number of carbonyl (C=O) groups is 2. The number of rotatable bonds is 4. The minimum absolute atomic E-state index is 0.0773. The van der Waals surface area contributed by atoms with Gasteiger partial charge >= 0.3 is 0 Å². The molecule has 0 atom stereocenters. The third-order valence-corrected chi connectivity index (χ3v) is 4.25. The molecule has 23 heavy (non-hydrogen) atoms. The van der Waals surface area contributed by atoms with E-state index in [1.165, 1.54) is 24.3 Å². The summed E-state index contributed by atoms with van der Waals surface area (Å²) in [4.78, 5) is 27.8. The molecule has 0 saturated carbocycles. The number of nitrogens with one attached hydrogen (secondary N) is 1. The van der Waals surface area contributed by atoms with Crippen molar-refractivity contribution in [2.75, 3.05) is 45.9 Å². The average Bonchev–Trinajstić information content (AvgIpc) is 2.52. The summed E-state index contributed by atoms with van der Waals surface area (Å²) in [7, 11) is 0. The third-order valence-electron chi connectivity index (χ3n) is 4.25. The van der Waals surface area contributed by atoms with Crippen molar-refractivity contribution < 1.29 is 18.7 Å². The molecular formula is C16H20FN3O3. The van der Waals surface area contributed by atoms with Crippen molar-refractivity contribution in [3.8, 4) is 5.75 Å². The predicted molar refractivity (Wildman–Crippen MR) is 81.4 cm³/mol. The highest BCUT2D eigenvalue weighted by atomic mass is 19.1. The number of piperazine rings is 1. The van der Waals surface area contributed by atoms with Gasteiger partial charge < -0.3 is 19.9 Å². The molecule has 2 saturated heterocycles. The maximum absolute atomic E-state index is 12.8. The van der Waals surface area contributed by atoms with Gasteiger partial charge in [0.1, 0.15) is 11.6 Å². The van der Waals surface area contributed by atoms with E-state index in [2.05, 4.69) is 5.32 Å². The molecule has 1 aromatic rings. The molecular weight excluding hydrogens is 301 g/mol. The molecule has 0 bridgehead atoms. The van der Waals surface area contributed by atoms with Gasteiger partial charge in [0.15, 0.2) is 6.61 Å². The van der Waals surface area contributed by atoms with Crippen molar-refractivity contribution >= 4 is 11.8 Å². The average molecular weight is 321 g/mol. The first kappa shape index (κ1) is 15.7. The highest BCUT2D eigenvalue weighted by Crippen LogP contribution is 2.13. The Hall–Kier alpha value is -2.15. The van der Waals surface area contributed by atoms with E-state index in [1.807, 2.05) is 4.90 Å². The Morgan fingerprint density at radius 1 is 1.09 bits per heavy atom. The van der Waals surface area contributed by atoms with Gasteiger partial charge in [0, 0.05) is 39.3 Å². The lowest BCUT2D eigenvalue weighted by Crippen LogP contribution is -2.57. The summed E-state index contributed by atoms with van der Waals surface area (Å²) < 4.78 is 18.2. The van der Waals surface area contributed by atoms with Crippen molar-refractivity contribution in [3.63, 3.8) is 0 Å². The molecule has 1 N–H and O–H groups in total. The topological polar surface area (TPSA) is 61.9 Å². The van der Waals surface area contributed by atoms with Gasteiger partial charge in [-0.2, -0.15) is 0 Å². The monoisotopic (exact) mass is 321 g/mol. The number of amides is 2. The smallest absolute Gasteiger partial charge is 0.260 e. The standard InChI is InChI=1S/C16H20FN3O3/c17-13-1-3-14(4-2-13)23-11-15(21)19-5-7-20(8-6-19)16(22)12-9-18-10-12/h1-4,12,18H,5-11H2. The van der Waals surface area contributed by atoms with Crippen LogP contribution in [0.25, 0.3) is 0 Å². The summed E-state index contributed by atoms with van der Waals surface area (Å²) in [5.74, 6) is 0.279. The lowest BCUT2D eigenvalue weighted by Gasteiger charge is -2.38. The fraction of sp³-hybridized carbons (Fsp3) is 0.500. The SMILES string of the molecule is O=C(COc1ccc(F)cc1)N1CCN(C(=O)C2CNC2)CC1. The third kappa shape index (κ3) is 3.79. The molecule has 2 aliphatic rings. The zero-order valence-corrected chi connectivity index (χ0v) is 12.8. The molecule has 0 spiro atoms. The van der Waals surface area contributed by atoms with E-state index in [4.69, 9.17) is 4.74 Å². The maximum Gasteiger partial charge on any atom is 0.260 e. The van der Waals surface area contributed by atoms with Crippen molar-refractivity contribution in [2.45, 2.75) is 0 Å². The fourth-order valence-electron chi connectivity index (χ4n) is 2.66. The molecule has 2 heterocycles. The van der Waals surface area contributed by atoms with Gasteiger partial charge in [-0.1, -0.05) is 0 Å². The normalized spacial score (nSPS) is 18.5. The molecule has 0 unspecified atom stereocenters. The van der Waals surface area contributed by atoms with Crippen LogP contribution in [-0.4, -0.2) is 67.5 Å². The molecule has 0 radical (unpaired) electrons. The highest BCUT2D eigenvalue weighted by Gasteiger charge is 2.31. The lowest BCUT2D eigenvalue weighted by molar-refractivity contribution is -0.144. The highest BCUT2D eigenvalue weighted by molar-refractivity contribution is 5.81. The van der Waals surface area contributed by atoms with Gasteiger partial charge in [-0.15, -0.1) is 0 Å². The van der Waals surface area contributed by atoms with Crippen LogP contribution in [0.5, 0.6) is 5.75 Å². The molecule has 124 valence electrons. The first-order chi connectivity index (χ1) is 11.1. The number of benzene rings is 1. The zero-order valence-electron chi connectivity index (χ0n) is 12.8. The Balaban J connectivity index is 1.42. The Morgan fingerprint density at radius 3 is 2.26 bits per heavy atom. The summed E-state index contributed by atoms with van der Waals surface area (Å²) in [6.45, 7) is 3.61. The second kappa shape index (κ2) is 6.95. The summed E-state index contributed by atoms with van der Waals surface area (Å²) >= 11 is 0. The van der Waals surface area contributed by atoms with Crippen LogP contribution in [0.15, 0.2) is 24.3 Å². The van der Waals surface area contributed by atoms with Crippen molar-refractivity contribution in [1.29, 1.82) is 0 Å². The minimum Gasteiger partial charge on any atom is -0.484 e. The Labute approximate surface area is 134 Å². The number of ether oxygens (including phenoxy) is 1. The van der Waals surface area contributed by atoms with E-state index in [-0.39, 0.29) is 30.2 Å². The van der Waals surface area contributed by atoms with Crippen LogP contribution in [0.4, 0.5) is 4.39 Å². The van der Waals surface area contributed by atoms with Crippen LogP contribution >= 0.6 is 0 Å². The second-order valence-corrected chi connectivity index (χ2v) is 5.80. The van der Waals surface area contributed by atoms with Crippen LogP contribution in [0.3, 0.4) is 0 Å². The number of hydrogen-bond donors (Lipinski definition) is 1. The molecule has 0 aliphatic carbocycles. The van der Waals surface area contributed by atoms with Crippen LogP contribution in [0.1, 0.15) is 0 Å². The largest absolute Gasteiger partial charge is 0.484 e. The maximum atomic E-state index is 12.8. The summed E-state index contributed by atoms with van der Waals surface area (Å²) in [5.41, 5.74) is 0. The zero-order chi connectivity index (χ0) is 16.2. The Morgan fingerprint density at radius 2 is 1.70 bits per heavy atom. The quantitative estimate of drug-likeness (QED) is 0.854. The van der Waals surface area contributed by atoms with Gasteiger partial charge in [0.05, 0.1) is 5.92 Å². The van der Waals surface area contributed by atoms with Crippen molar-refractivity contribution in [3.05, 3.63) is 30.1 Å². The molecule has 0 aromatic heterocycles. The summed E-state index contributed by atoms with van der Waals surface area (Å²) in [6, 6.07) is 5.57. The van der Waals surface area contributed by atoms with Crippen molar-refractivity contribution in [1.82, 2.24) is 15.1 Å². The van der Waals surface area contributed by atoms with Crippen LogP contribution in [-0.2, 0) is 9.59 Å². The first-order valence-electron chi connectivity index (χ1n) is 7.79. The van der Waals surface area contributed by atoms with Crippen LogP contribution < -0.4 is 10.1 Å².